The SMILES string of the molecule is O=C1Cc2cc(S(=O)(=O)Nc3ccccc3F)cc3c2N1CCC3. The van der Waals surface area contributed by atoms with Gasteiger partial charge in [-0.1, -0.05) is 12.1 Å². The average molecular weight is 346 g/mol. The second-order valence-corrected chi connectivity index (χ2v) is 7.68. The number of para-hydroxylation sites is 1. The van der Waals surface area contributed by atoms with Gasteiger partial charge in [-0.2, -0.15) is 0 Å². The fourth-order valence-electron chi connectivity index (χ4n) is 3.35. The summed E-state index contributed by atoms with van der Waals surface area (Å²) in [6.07, 6.45) is 1.75. The van der Waals surface area contributed by atoms with Crippen LogP contribution in [0.1, 0.15) is 17.5 Å². The van der Waals surface area contributed by atoms with Crippen molar-refractivity contribution in [3.05, 3.63) is 53.3 Å². The van der Waals surface area contributed by atoms with Crippen molar-refractivity contribution in [3.63, 3.8) is 0 Å². The Morgan fingerprint density at radius 1 is 1.12 bits per heavy atom. The van der Waals surface area contributed by atoms with Crippen LogP contribution in [0.4, 0.5) is 15.8 Å². The summed E-state index contributed by atoms with van der Waals surface area (Å²) < 4.78 is 41.3. The number of carbonyl (C=O) groups is 1. The van der Waals surface area contributed by atoms with Gasteiger partial charge in [0.25, 0.3) is 10.0 Å². The van der Waals surface area contributed by atoms with Crippen LogP contribution in [0.2, 0.25) is 0 Å². The fraction of sp³-hybridized carbons (Fsp3) is 0.235. The summed E-state index contributed by atoms with van der Waals surface area (Å²) in [5.41, 5.74) is 2.35. The molecule has 5 nitrogen and oxygen atoms in total. The predicted octanol–water partition coefficient (Wildman–Crippen LogP) is 2.46. The molecule has 2 aromatic carbocycles. The Morgan fingerprint density at radius 2 is 1.88 bits per heavy atom. The lowest BCUT2D eigenvalue weighted by Crippen LogP contribution is -2.31. The molecule has 0 aliphatic carbocycles. The zero-order valence-electron chi connectivity index (χ0n) is 12.8. The van der Waals surface area contributed by atoms with E-state index >= 15 is 0 Å². The molecule has 124 valence electrons. The van der Waals surface area contributed by atoms with E-state index in [0.717, 1.165) is 29.7 Å². The number of nitrogens with one attached hydrogen (secondary N) is 1. The first-order chi connectivity index (χ1) is 11.5. The van der Waals surface area contributed by atoms with Crippen LogP contribution in [-0.4, -0.2) is 20.9 Å². The molecule has 0 spiro atoms. The summed E-state index contributed by atoms with van der Waals surface area (Å²) in [4.78, 5) is 13.9. The normalized spacial score (nSPS) is 16.2. The summed E-state index contributed by atoms with van der Waals surface area (Å²) in [5.74, 6) is -0.632. The second-order valence-electron chi connectivity index (χ2n) is 6.00. The van der Waals surface area contributed by atoms with Crippen LogP contribution in [0.15, 0.2) is 41.3 Å². The third kappa shape index (κ3) is 2.36. The van der Waals surface area contributed by atoms with Gasteiger partial charge in [0.1, 0.15) is 5.82 Å². The van der Waals surface area contributed by atoms with E-state index < -0.39 is 15.8 Å². The van der Waals surface area contributed by atoms with Crippen LogP contribution >= 0.6 is 0 Å². The van der Waals surface area contributed by atoms with Gasteiger partial charge >= 0.3 is 0 Å². The van der Waals surface area contributed by atoms with Crippen LogP contribution in [0.5, 0.6) is 0 Å². The molecule has 0 saturated carbocycles. The lowest BCUT2D eigenvalue weighted by atomic mass is 10.0. The lowest BCUT2D eigenvalue weighted by molar-refractivity contribution is -0.117. The highest BCUT2D eigenvalue weighted by Crippen LogP contribution is 2.38. The molecule has 0 atom stereocenters. The molecule has 0 bridgehead atoms. The minimum atomic E-state index is -3.92. The molecule has 2 aliphatic heterocycles. The highest BCUT2D eigenvalue weighted by molar-refractivity contribution is 7.92. The van der Waals surface area contributed by atoms with Crippen LogP contribution in [0, 0.1) is 5.82 Å². The summed E-state index contributed by atoms with van der Waals surface area (Å²) in [7, 11) is -3.92. The number of benzene rings is 2. The molecular weight excluding hydrogens is 331 g/mol. The van der Waals surface area contributed by atoms with Crippen LogP contribution in [0.3, 0.4) is 0 Å². The monoisotopic (exact) mass is 346 g/mol. The molecule has 4 rings (SSSR count). The van der Waals surface area contributed by atoms with E-state index in [9.17, 15) is 17.6 Å². The van der Waals surface area contributed by atoms with Crippen molar-refractivity contribution in [1.82, 2.24) is 0 Å². The zero-order chi connectivity index (χ0) is 16.9. The summed E-state index contributed by atoms with van der Waals surface area (Å²) in [6.45, 7) is 0.679. The van der Waals surface area contributed by atoms with Crippen molar-refractivity contribution in [2.45, 2.75) is 24.2 Å². The van der Waals surface area contributed by atoms with Gasteiger partial charge in [0.15, 0.2) is 0 Å². The highest BCUT2D eigenvalue weighted by atomic mass is 32.2. The molecule has 1 amide bonds. The predicted molar refractivity (Wildman–Crippen MR) is 88.0 cm³/mol. The number of rotatable bonds is 3. The summed E-state index contributed by atoms with van der Waals surface area (Å²) in [5, 5.41) is 0. The molecule has 0 radical (unpaired) electrons. The molecule has 0 fully saturated rings. The first-order valence-electron chi connectivity index (χ1n) is 7.69. The first kappa shape index (κ1) is 15.1. The second kappa shape index (κ2) is 5.31. The first-order valence-corrected chi connectivity index (χ1v) is 9.17. The van der Waals surface area contributed by atoms with Crippen molar-refractivity contribution < 1.29 is 17.6 Å². The summed E-state index contributed by atoms with van der Waals surface area (Å²) in [6, 6.07) is 8.73. The van der Waals surface area contributed by atoms with E-state index in [1.54, 1.807) is 17.0 Å². The standard InChI is InChI=1S/C17H15FN2O3S/c18-14-5-1-2-6-15(14)19-24(22,23)13-8-11-4-3-7-20-16(21)10-12(9-13)17(11)20/h1-2,5-6,8-9,19H,3-4,7,10H2. The number of anilines is 2. The third-order valence-electron chi connectivity index (χ3n) is 4.41. The van der Waals surface area contributed by atoms with Crippen molar-refractivity contribution in [1.29, 1.82) is 0 Å². The molecule has 1 N–H and O–H groups in total. The molecule has 2 aromatic rings. The highest BCUT2D eigenvalue weighted by Gasteiger charge is 2.33. The van der Waals surface area contributed by atoms with Crippen LogP contribution in [-0.2, 0) is 27.7 Å². The molecule has 2 heterocycles. The maximum Gasteiger partial charge on any atom is 0.262 e. The van der Waals surface area contributed by atoms with Gasteiger partial charge in [-0.15, -0.1) is 0 Å². The Bertz CT molecular complexity index is 956. The number of aryl methyl sites for hydroxylation is 1. The van der Waals surface area contributed by atoms with Gasteiger partial charge in [0, 0.05) is 6.54 Å². The molecule has 24 heavy (non-hydrogen) atoms. The largest absolute Gasteiger partial charge is 0.312 e. The van der Waals surface area contributed by atoms with Gasteiger partial charge in [-0.25, -0.2) is 12.8 Å². The van der Waals surface area contributed by atoms with Crippen molar-refractivity contribution in [2.24, 2.45) is 0 Å². The van der Waals surface area contributed by atoms with Crippen LogP contribution in [0.25, 0.3) is 0 Å². The number of carbonyl (C=O) groups excluding carboxylic acids is 1. The Morgan fingerprint density at radius 3 is 2.67 bits per heavy atom. The zero-order valence-corrected chi connectivity index (χ0v) is 13.6. The number of sulfonamides is 1. The van der Waals surface area contributed by atoms with E-state index in [2.05, 4.69) is 4.72 Å². The quantitative estimate of drug-likeness (QED) is 0.928. The maximum absolute atomic E-state index is 13.7. The number of nitrogens with zero attached hydrogens (tertiary/aromatic N) is 1. The van der Waals surface area contributed by atoms with Gasteiger partial charge in [0.2, 0.25) is 5.91 Å². The Kier molecular flexibility index (Phi) is 3.35. The van der Waals surface area contributed by atoms with Crippen molar-refractivity contribution in [3.8, 4) is 0 Å². The minimum absolute atomic E-state index is 0.00237. The van der Waals surface area contributed by atoms with E-state index in [1.807, 2.05) is 0 Å². The molecule has 0 unspecified atom stereocenters. The topological polar surface area (TPSA) is 66.5 Å². The van der Waals surface area contributed by atoms with E-state index in [1.165, 1.54) is 24.3 Å². The van der Waals surface area contributed by atoms with Crippen LogP contribution < -0.4 is 9.62 Å². The van der Waals surface area contributed by atoms with Gasteiger partial charge < -0.3 is 4.90 Å². The Balaban J connectivity index is 1.76. The minimum Gasteiger partial charge on any atom is -0.312 e. The molecule has 7 heteroatoms. The van der Waals surface area contributed by atoms with E-state index in [4.69, 9.17) is 0 Å². The molecule has 2 aliphatic rings. The maximum atomic E-state index is 13.7. The van der Waals surface area contributed by atoms with Crippen molar-refractivity contribution in [2.75, 3.05) is 16.2 Å². The van der Waals surface area contributed by atoms with Gasteiger partial charge in [0.05, 0.1) is 22.7 Å². The van der Waals surface area contributed by atoms with Gasteiger partial charge in [-0.3, -0.25) is 9.52 Å². The Hall–Kier alpha value is -2.41. The number of amides is 1. The summed E-state index contributed by atoms with van der Waals surface area (Å²) >= 11 is 0. The number of hydrogen-bond acceptors (Lipinski definition) is 3. The lowest BCUT2D eigenvalue weighted by Gasteiger charge is -2.26. The molecule has 0 saturated heterocycles. The number of halogens is 1. The number of hydrogen-bond donors (Lipinski definition) is 1. The Labute approximate surface area is 139 Å². The van der Waals surface area contributed by atoms with E-state index in [0.29, 0.717) is 6.54 Å². The van der Waals surface area contributed by atoms with Crippen molar-refractivity contribution >= 4 is 27.3 Å². The molecular formula is C17H15FN2O3S. The fourth-order valence-corrected chi connectivity index (χ4v) is 4.52. The molecule has 0 aromatic heterocycles. The average Bonchev–Trinajstić information content (AvgIpc) is 2.87. The smallest absolute Gasteiger partial charge is 0.262 e. The van der Waals surface area contributed by atoms with E-state index in [-0.39, 0.29) is 22.9 Å². The third-order valence-corrected chi connectivity index (χ3v) is 5.76. The van der Waals surface area contributed by atoms with Gasteiger partial charge in [-0.05, 0) is 48.2 Å².